The zero-order valence-corrected chi connectivity index (χ0v) is 14.4. The molecule has 0 saturated heterocycles. The van der Waals surface area contributed by atoms with Gasteiger partial charge in [-0.15, -0.1) is 22.7 Å². The molecule has 0 fully saturated rings. The van der Waals surface area contributed by atoms with Crippen molar-refractivity contribution in [2.75, 3.05) is 12.4 Å². The molecule has 1 aliphatic rings. The molecular weight excluding hydrogens is 374 g/mol. The molecule has 0 bridgehead atoms. The summed E-state index contributed by atoms with van der Waals surface area (Å²) < 4.78 is 5.62. The van der Waals surface area contributed by atoms with Crippen LogP contribution in [0.1, 0.15) is 36.9 Å². The van der Waals surface area contributed by atoms with E-state index in [9.17, 15) is 9.59 Å². The number of halogens is 1. The summed E-state index contributed by atoms with van der Waals surface area (Å²) in [7, 11) is 1.36. The smallest absolute Gasteiger partial charge is 0.341 e. The van der Waals surface area contributed by atoms with Crippen LogP contribution in [0, 0.1) is 0 Å². The third-order valence-corrected chi connectivity index (χ3v) is 6.40. The van der Waals surface area contributed by atoms with Crippen molar-refractivity contribution in [3.63, 3.8) is 0 Å². The zero-order valence-electron chi connectivity index (χ0n) is 11.2. The molecule has 2 heterocycles. The van der Waals surface area contributed by atoms with E-state index < -0.39 is 0 Å². The minimum Gasteiger partial charge on any atom is -0.465 e. The Kier molecular flexibility index (Phi) is 4.14. The lowest BCUT2D eigenvalue weighted by Crippen LogP contribution is -2.13. The van der Waals surface area contributed by atoms with Gasteiger partial charge in [-0.3, -0.25) is 4.79 Å². The number of rotatable bonds is 3. The highest BCUT2D eigenvalue weighted by atomic mass is 79.9. The van der Waals surface area contributed by atoms with Gasteiger partial charge in [-0.1, -0.05) is 0 Å². The summed E-state index contributed by atoms with van der Waals surface area (Å²) in [6.07, 6.45) is 2.88. The van der Waals surface area contributed by atoms with Crippen LogP contribution in [0.5, 0.6) is 0 Å². The molecule has 110 valence electrons. The van der Waals surface area contributed by atoms with Gasteiger partial charge in [0.25, 0.3) is 5.91 Å². The molecule has 1 amide bonds. The first-order chi connectivity index (χ1) is 10.1. The first kappa shape index (κ1) is 14.7. The van der Waals surface area contributed by atoms with E-state index in [1.165, 1.54) is 34.7 Å². The monoisotopic (exact) mass is 385 g/mol. The quantitative estimate of drug-likeness (QED) is 0.809. The highest BCUT2D eigenvalue weighted by Crippen LogP contribution is 2.40. The van der Waals surface area contributed by atoms with Crippen molar-refractivity contribution < 1.29 is 14.3 Å². The van der Waals surface area contributed by atoms with Gasteiger partial charge < -0.3 is 10.1 Å². The Labute approximate surface area is 138 Å². The number of amides is 1. The maximum absolute atomic E-state index is 12.3. The highest BCUT2D eigenvalue weighted by molar-refractivity contribution is 9.10. The van der Waals surface area contributed by atoms with Crippen LogP contribution in [0.3, 0.4) is 0 Å². The number of anilines is 1. The van der Waals surface area contributed by atoms with Crippen LogP contribution in [0.25, 0.3) is 0 Å². The number of ether oxygens (including phenoxy) is 1. The van der Waals surface area contributed by atoms with Gasteiger partial charge in [-0.2, -0.15) is 0 Å². The minimum absolute atomic E-state index is 0.207. The molecule has 0 atom stereocenters. The molecule has 21 heavy (non-hydrogen) atoms. The SMILES string of the molecule is COC(=O)c1c(NC(=O)c2sccc2Br)sc2c1CCC2. The summed E-state index contributed by atoms with van der Waals surface area (Å²) in [5.74, 6) is -0.586. The van der Waals surface area contributed by atoms with Gasteiger partial charge in [-0.25, -0.2) is 4.79 Å². The average molecular weight is 386 g/mol. The summed E-state index contributed by atoms with van der Waals surface area (Å²) in [6.45, 7) is 0. The summed E-state index contributed by atoms with van der Waals surface area (Å²) in [5, 5.41) is 5.29. The topological polar surface area (TPSA) is 55.4 Å². The van der Waals surface area contributed by atoms with Gasteiger partial charge in [0.15, 0.2) is 0 Å². The van der Waals surface area contributed by atoms with E-state index in [4.69, 9.17) is 4.74 Å². The van der Waals surface area contributed by atoms with Crippen molar-refractivity contribution in [3.8, 4) is 0 Å². The van der Waals surface area contributed by atoms with Gasteiger partial charge in [0, 0.05) is 9.35 Å². The van der Waals surface area contributed by atoms with E-state index in [2.05, 4.69) is 21.2 Å². The third-order valence-electron chi connectivity index (χ3n) is 3.36. The fourth-order valence-corrected chi connectivity index (χ4v) is 5.14. The Morgan fingerprint density at radius 3 is 2.86 bits per heavy atom. The largest absolute Gasteiger partial charge is 0.465 e. The maximum Gasteiger partial charge on any atom is 0.341 e. The summed E-state index contributed by atoms with van der Waals surface area (Å²) in [5.41, 5.74) is 1.56. The lowest BCUT2D eigenvalue weighted by molar-refractivity contribution is 0.0601. The number of hydrogen-bond acceptors (Lipinski definition) is 5. The molecule has 3 rings (SSSR count). The highest BCUT2D eigenvalue weighted by Gasteiger charge is 2.28. The van der Waals surface area contributed by atoms with Gasteiger partial charge in [0.1, 0.15) is 9.88 Å². The predicted octanol–water partition coefficient (Wildman–Crippen LogP) is 4.10. The van der Waals surface area contributed by atoms with Crippen LogP contribution in [-0.2, 0) is 17.6 Å². The summed E-state index contributed by atoms with van der Waals surface area (Å²) >= 11 is 6.18. The third kappa shape index (κ3) is 2.65. The molecule has 2 aromatic heterocycles. The van der Waals surface area contributed by atoms with Crippen molar-refractivity contribution in [1.29, 1.82) is 0 Å². The van der Waals surface area contributed by atoms with E-state index in [0.717, 1.165) is 29.3 Å². The molecule has 7 heteroatoms. The second-order valence-corrected chi connectivity index (χ2v) is 7.48. The van der Waals surface area contributed by atoms with E-state index in [0.29, 0.717) is 15.4 Å². The van der Waals surface area contributed by atoms with Gasteiger partial charge in [0.05, 0.1) is 12.7 Å². The first-order valence-electron chi connectivity index (χ1n) is 6.39. The van der Waals surface area contributed by atoms with Gasteiger partial charge >= 0.3 is 5.97 Å². The van der Waals surface area contributed by atoms with Crippen LogP contribution in [0.2, 0.25) is 0 Å². The molecular formula is C14H12BrNO3S2. The lowest BCUT2D eigenvalue weighted by atomic mass is 10.1. The molecule has 1 N–H and O–H groups in total. The number of nitrogens with one attached hydrogen (secondary N) is 1. The first-order valence-corrected chi connectivity index (χ1v) is 8.88. The number of esters is 1. The van der Waals surface area contributed by atoms with Crippen LogP contribution in [0.4, 0.5) is 5.00 Å². The molecule has 0 radical (unpaired) electrons. The average Bonchev–Trinajstić information content (AvgIpc) is 3.13. The molecule has 4 nitrogen and oxygen atoms in total. The number of fused-ring (bicyclic) bond motifs is 1. The van der Waals surface area contributed by atoms with Crippen LogP contribution >= 0.6 is 38.6 Å². The second-order valence-electron chi connectivity index (χ2n) is 4.60. The number of methoxy groups -OCH3 is 1. The predicted molar refractivity (Wildman–Crippen MR) is 87.7 cm³/mol. The van der Waals surface area contributed by atoms with Crippen molar-refractivity contribution >= 4 is 55.5 Å². The number of thiophene rings is 2. The van der Waals surface area contributed by atoms with Crippen molar-refractivity contribution in [1.82, 2.24) is 0 Å². The summed E-state index contributed by atoms with van der Waals surface area (Å²) in [6, 6.07) is 1.83. The maximum atomic E-state index is 12.3. The van der Waals surface area contributed by atoms with Crippen molar-refractivity contribution in [2.45, 2.75) is 19.3 Å². The Balaban J connectivity index is 1.94. The van der Waals surface area contributed by atoms with E-state index in [1.54, 1.807) is 0 Å². The molecule has 0 saturated carbocycles. The molecule has 0 unspecified atom stereocenters. The lowest BCUT2D eigenvalue weighted by Gasteiger charge is -2.06. The number of aryl methyl sites for hydroxylation is 1. The van der Waals surface area contributed by atoms with Crippen LogP contribution in [0.15, 0.2) is 15.9 Å². The minimum atomic E-state index is -0.380. The normalized spacial score (nSPS) is 13.0. The Morgan fingerprint density at radius 1 is 1.38 bits per heavy atom. The molecule has 0 aliphatic heterocycles. The van der Waals surface area contributed by atoms with Crippen molar-refractivity contribution in [2.24, 2.45) is 0 Å². The fraction of sp³-hybridized carbons (Fsp3) is 0.286. The number of carbonyl (C=O) groups is 2. The number of carbonyl (C=O) groups excluding carboxylic acids is 2. The van der Waals surface area contributed by atoms with Crippen LogP contribution in [-0.4, -0.2) is 19.0 Å². The standard InChI is InChI=1S/C14H12BrNO3S2/c1-19-14(18)10-7-3-2-4-9(7)21-13(10)16-12(17)11-8(15)5-6-20-11/h5-6H,2-4H2,1H3,(H,16,17). The molecule has 1 aliphatic carbocycles. The van der Waals surface area contributed by atoms with Crippen molar-refractivity contribution in [3.05, 3.63) is 36.8 Å². The Hall–Kier alpha value is -1.18. The molecule has 0 aromatic carbocycles. The van der Waals surface area contributed by atoms with E-state index >= 15 is 0 Å². The summed E-state index contributed by atoms with van der Waals surface area (Å²) in [4.78, 5) is 26.1. The van der Waals surface area contributed by atoms with Gasteiger partial charge in [-0.05, 0) is 52.2 Å². The van der Waals surface area contributed by atoms with Gasteiger partial charge in [0.2, 0.25) is 0 Å². The van der Waals surface area contributed by atoms with E-state index in [1.807, 2.05) is 11.4 Å². The number of hydrogen-bond donors (Lipinski definition) is 1. The van der Waals surface area contributed by atoms with Crippen LogP contribution < -0.4 is 5.32 Å². The fourth-order valence-electron chi connectivity index (χ4n) is 2.43. The zero-order chi connectivity index (χ0) is 15.0. The van der Waals surface area contributed by atoms with E-state index in [-0.39, 0.29) is 11.9 Å². The molecule has 2 aromatic rings. The molecule has 0 spiro atoms. The Bertz CT molecular complexity index is 720. The second kappa shape index (κ2) is 5.90. The Morgan fingerprint density at radius 2 is 2.19 bits per heavy atom.